The minimum atomic E-state index is -0.796. The number of unbranched alkanes of at least 4 members (excludes halogenated alkanes) is 23. The van der Waals surface area contributed by atoms with Crippen LogP contribution in [0.4, 0.5) is 0 Å². The summed E-state index contributed by atoms with van der Waals surface area (Å²) in [7, 11) is 0. The van der Waals surface area contributed by atoms with Gasteiger partial charge < -0.3 is 14.2 Å². The van der Waals surface area contributed by atoms with E-state index in [4.69, 9.17) is 14.2 Å². The maximum atomic E-state index is 12.9. The molecule has 0 amide bonds. The molecule has 0 spiro atoms. The average Bonchev–Trinajstić information content (AvgIpc) is 3.40. The van der Waals surface area contributed by atoms with Crippen molar-refractivity contribution in [3.8, 4) is 0 Å². The van der Waals surface area contributed by atoms with E-state index in [0.717, 1.165) is 148 Å². The van der Waals surface area contributed by atoms with E-state index >= 15 is 0 Å². The van der Waals surface area contributed by atoms with Crippen molar-refractivity contribution < 1.29 is 28.6 Å². The van der Waals surface area contributed by atoms with Crippen LogP contribution in [0.15, 0.2) is 122 Å². The van der Waals surface area contributed by atoms with E-state index in [2.05, 4.69) is 142 Å². The van der Waals surface area contributed by atoms with Gasteiger partial charge in [0.05, 0.1) is 0 Å². The molecule has 0 aromatic rings. The van der Waals surface area contributed by atoms with Crippen molar-refractivity contribution in [3.05, 3.63) is 122 Å². The van der Waals surface area contributed by atoms with E-state index in [0.29, 0.717) is 19.3 Å². The maximum Gasteiger partial charge on any atom is 0.306 e. The summed E-state index contributed by atoms with van der Waals surface area (Å²) >= 11 is 0. The molecule has 0 aliphatic heterocycles. The maximum absolute atomic E-state index is 12.9. The molecule has 6 nitrogen and oxygen atoms in total. The van der Waals surface area contributed by atoms with Gasteiger partial charge in [-0.15, -0.1) is 0 Å². The zero-order valence-electron chi connectivity index (χ0n) is 48.1. The third kappa shape index (κ3) is 58.7. The average molecular weight is 1030 g/mol. The molecule has 0 saturated heterocycles. The summed E-state index contributed by atoms with van der Waals surface area (Å²) in [5, 5.41) is 0. The Balaban J connectivity index is 4.41. The molecule has 0 aliphatic rings. The molecule has 74 heavy (non-hydrogen) atoms. The summed E-state index contributed by atoms with van der Waals surface area (Å²) in [4.78, 5) is 38.2. The lowest BCUT2D eigenvalue weighted by molar-refractivity contribution is -0.167. The van der Waals surface area contributed by atoms with Gasteiger partial charge in [-0.25, -0.2) is 0 Å². The van der Waals surface area contributed by atoms with Crippen LogP contribution < -0.4 is 0 Å². The minimum absolute atomic E-state index is 0.0903. The van der Waals surface area contributed by atoms with E-state index in [9.17, 15) is 14.4 Å². The predicted molar refractivity (Wildman–Crippen MR) is 320 cm³/mol. The number of hydrogen-bond acceptors (Lipinski definition) is 6. The first-order valence-corrected chi connectivity index (χ1v) is 30.5. The van der Waals surface area contributed by atoms with E-state index in [1.807, 2.05) is 0 Å². The van der Waals surface area contributed by atoms with Crippen LogP contribution in [-0.4, -0.2) is 37.2 Å². The Morgan fingerprint density at radius 3 is 0.824 bits per heavy atom. The molecule has 1 unspecified atom stereocenters. The van der Waals surface area contributed by atoms with Gasteiger partial charge in [-0.1, -0.05) is 264 Å². The lowest BCUT2D eigenvalue weighted by Gasteiger charge is -2.18. The molecule has 0 fully saturated rings. The molecular weight excluding hydrogens is 913 g/mol. The molecular formula is C68H112O6. The number of carbonyl (C=O) groups excluding carboxylic acids is 3. The van der Waals surface area contributed by atoms with Crippen LogP contribution in [0.3, 0.4) is 0 Å². The smallest absolute Gasteiger partial charge is 0.306 e. The molecule has 0 saturated carbocycles. The van der Waals surface area contributed by atoms with Crippen LogP contribution in [0.1, 0.15) is 271 Å². The first kappa shape index (κ1) is 69.8. The highest BCUT2D eigenvalue weighted by molar-refractivity contribution is 5.71. The summed E-state index contributed by atoms with van der Waals surface area (Å²) in [5.41, 5.74) is 0. The summed E-state index contributed by atoms with van der Waals surface area (Å²) in [6.45, 7) is 6.39. The number of carbonyl (C=O) groups is 3. The van der Waals surface area contributed by atoms with Gasteiger partial charge in [-0.3, -0.25) is 14.4 Å². The van der Waals surface area contributed by atoms with Gasteiger partial charge in [0.25, 0.3) is 0 Å². The number of esters is 3. The number of rotatable bonds is 54. The first-order valence-electron chi connectivity index (χ1n) is 30.5. The van der Waals surface area contributed by atoms with Gasteiger partial charge in [0.1, 0.15) is 13.2 Å². The second-order valence-electron chi connectivity index (χ2n) is 19.9. The topological polar surface area (TPSA) is 78.9 Å². The minimum Gasteiger partial charge on any atom is -0.462 e. The summed E-state index contributed by atoms with van der Waals surface area (Å²) in [6, 6.07) is 0. The zero-order valence-corrected chi connectivity index (χ0v) is 48.1. The molecule has 0 bridgehead atoms. The standard InChI is InChI=1S/C68H112O6/c1-4-7-10-13-16-19-22-25-27-29-31-33-34-36-37-39-41-43-46-49-52-55-58-61-67(70)73-64-65(63-72-66(69)60-57-54-51-48-45-24-21-18-15-12-9-6-3)74-68(71)62-59-56-53-50-47-44-42-40-38-35-32-30-28-26-23-20-17-14-11-8-5-2/h7-8,10-11,16-17,19-20,25-28,31-33,35-37,40,42,65H,4-6,9,12-15,18,21-24,29-30,34,38-39,41,43-64H2,1-3H3/b10-7-,11-8-,19-16-,20-17-,27-25-,28-26-,33-31-,35-32-,37-36-,42-40-. The molecule has 420 valence electrons. The molecule has 0 aliphatic carbocycles. The highest BCUT2D eigenvalue weighted by Gasteiger charge is 2.19. The quantitative estimate of drug-likeness (QED) is 0.0261. The van der Waals surface area contributed by atoms with Crippen molar-refractivity contribution in [1.29, 1.82) is 0 Å². The van der Waals surface area contributed by atoms with Gasteiger partial charge in [-0.05, 0) is 109 Å². The summed E-state index contributed by atoms with van der Waals surface area (Å²) < 4.78 is 16.9. The third-order valence-electron chi connectivity index (χ3n) is 12.7. The monoisotopic (exact) mass is 1020 g/mol. The molecule has 0 N–H and O–H groups in total. The van der Waals surface area contributed by atoms with E-state index in [-0.39, 0.29) is 31.1 Å². The Bertz CT molecular complexity index is 1550. The lowest BCUT2D eigenvalue weighted by atomic mass is 10.0. The molecule has 1 atom stereocenters. The molecule has 0 heterocycles. The lowest BCUT2D eigenvalue weighted by Crippen LogP contribution is -2.30. The highest BCUT2D eigenvalue weighted by Crippen LogP contribution is 2.15. The van der Waals surface area contributed by atoms with Crippen molar-refractivity contribution >= 4 is 17.9 Å². The second kappa shape index (κ2) is 61.4. The van der Waals surface area contributed by atoms with Crippen LogP contribution >= 0.6 is 0 Å². The highest BCUT2D eigenvalue weighted by atomic mass is 16.6. The number of ether oxygens (including phenoxy) is 3. The van der Waals surface area contributed by atoms with Gasteiger partial charge in [-0.2, -0.15) is 0 Å². The van der Waals surface area contributed by atoms with Gasteiger partial charge >= 0.3 is 17.9 Å². The van der Waals surface area contributed by atoms with Gasteiger partial charge in [0, 0.05) is 19.3 Å². The van der Waals surface area contributed by atoms with Crippen LogP contribution in [0.2, 0.25) is 0 Å². The Kier molecular flexibility index (Phi) is 57.9. The van der Waals surface area contributed by atoms with Crippen molar-refractivity contribution in [2.75, 3.05) is 13.2 Å². The predicted octanol–water partition coefficient (Wildman–Crippen LogP) is 20.8. The summed E-state index contributed by atoms with van der Waals surface area (Å²) in [5.74, 6) is -0.918. The van der Waals surface area contributed by atoms with Gasteiger partial charge in [0.2, 0.25) is 0 Å². The Morgan fingerprint density at radius 1 is 0.284 bits per heavy atom. The normalized spacial score (nSPS) is 13.0. The Hall–Kier alpha value is -4.19. The fourth-order valence-electron chi connectivity index (χ4n) is 8.20. The molecule has 6 heteroatoms. The molecule has 0 radical (unpaired) electrons. The number of hydrogen-bond donors (Lipinski definition) is 0. The van der Waals surface area contributed by atoms with Crippen molar-refractivity contribution in [1.82, 2.24) is 0 Å². The van der Waals surface area contributed by atoms with Crippen molar-refractivity contribution in [2.45, 2.75) is 277 Å². The first-order chi connectivity index (χ1) is 36.5. The van der Waals surface area contributed by atoms with E-state index < -0.39 is 6.10 Å². The van der Waals surface area contributed by atoms with Crippen LogP contribution in [0, 0.1) is 0 Å². The molecule has 0 aromatic heterocycles. The fraction of sp³-hybridized carbons (Fsp3) is 0.662. The second-order valence-corrected chi connectivity index (χ2v) is 19.9. The van der Waals surface area contributed by atoms with Crippen molar-refractivity contribution in [2.24, 2.45) is 0 Å². The molecule has 0 rings (SSSR count). The summed E-state index contributed by atoms with van der Waals surface area (Å²) in [6.07, 6.45) is 84.7. The van der Waals surface area contributed by atoms with Crippen LogP contribution in [0.25, 0.3) is 0 Å². The van der Waals surface area contributed by atoms with Gasteiger partial charge in [0.15, 0.2) is 6.10 Å². The number of allylic oxidation sites excluding steroid dienone is 20. The third-order valence-corrected chi connectivity index (χ3v) is 12.7. The van der Waals surface area contributed by atoms with E-state index in [1.54, 1.807) is 0 Å². The SMILES string of the molecule is CC/C=C\C/C=C\C/C=C\C/C=C\C/C=C\CCCCCCCCCC(=O)OCC(COC(=O)CCCCCCCCCCCCCC)OC(=O)CCCCCCC/C=C\C/C=C\C/C=C\C/C=C\C/C=C\CC. The molecule has 0 aromatic carbocycles. The van der Waals surface area contributed by atoms with E-state index in [1.165, 1.54) is 83.5 Å². The Morgan fingerprint density at radius 2 is 0.527 bits per heavy atom. The fourth-order valence-corrected chi connectivity index (χ4v) is 8.20. The van der Waals surface area contributed by atoms with Crippen molar-refractivity contribution in [3.63, 3.8) is 0 Å². The zero-order chi connectivity index (χ0) is 53.6. The Labute approximate surface area is 456 Å². The van der Waals surface area contributed by atoms with Crippen LogP contribution in [-0.2, 0) is 28.6 Å². The van der Waals surface area contributed by atoms with Crippen LogP contribution in [0.5, 0.6) is 0 Å². The largest absolute Gasteiger partial charge is 0.462 e.